The summed E-state index contributed by atoms with van der Waals surface area (Å²) < 4.78 is 0. The molecule has 0 amide bonds. The van der Waals surface area contributed by atoms with Gasteiger partial charge in [-0.3, -0.25) is 0 Å². The van der Waals surface area contributed by atoms with Gasteiger partial charge >= 0.3 is 0 Å². The van der Waals surface area contributed by atoms with Gasteiger partial charge in [-0.1, -0.05) is 26.0 Å². The van der Waals surface area contributed by atoms with Gasteiger partial charge in [0.25, 0.3) is 0 Å². The van der Waals surface area contributed by atoms with E-state index in [0.29, 0.717) is 6.42 Å². The molecule has 2 heteroatoms. The van der Waals surface area contributed by atoms with E-state index in [-0.39, 0.29) is 11.2 Å². The Morgan fingerprint density at radius 1 is 1.12 bits per heavy atom. The molecule has 1 aliphatic carbocycles. The summed E-state index contributed by atoms with van der Waals surface area (Å²) >= 11 is 0. The molecule has 0 spiro atoms. The van der Waals surface area contributed by atoms with Gasteiger partial charge in [-0.15, -0.1) is 0 Å². The van der Waals surface area contributed by atoms with Crippen molar-refractivity contribution in [1.82, 2.24) is 0 Å². The molecular weight excluding hydrogens is 200 g/mol. The van der Waals surface area contributed by atoms with Crippen molar-refractivity contribution in [3.63, 3.8) is 0 Å². The Balaban J connectivity index is 2.18. The lowest BCUT2D eigenvalue weighted by atomic mass is 9.74. The highest BCUT2D eigenvalue weighted by atomic mass is 16.3. The fourth-order valence-corrected chi connectivity index (χ4v) is 2.67. The minimum absolute atomic E-state index is 0.00904. The smallest absolute Gasteiger partial charge is 0.115 e. The molecule has 1 fully saturated rings. The number of benzene rings is 1. The molecule has 0 bridgehead atoms. The van der Waals surface area contributed by atoms with Gasteiger partial charge in [-0.05, 0) is 42.4 Å². The molecule has 0 radical (unpaired) electrons. The number of hydrogen-bond donors (Lipinski definition) is 2. The Bertz CT molecular complexity index is 367. The lowest BCUT2D eigenvalue weighted by Gasteiger charge is -2.37. The molecule has 1 aromatic rings. The second kappa shape index (κ2) is 3.77. The van der Waals surface area contributed by atoms with E-state index in [2.05, 4.69) is 13.8 Å². The van der Waals surface area contributed by atoms with Crippen LogP contribution in [0.1, 0.15) is 38.7 Å². The van der Waals surface area contributed by atoms with Crippen molar-refractivity contribution in [3.05, 3.63) is 29.8 Å². The number of phenols is 1. The van der Waals surface area contributed by atoms with Crippen molar-refractivity contribution in [3.8, 4) is 5.75 Å². The fraction of sp³-hybridized carbons (Fsp3) is 0.571. The van der Waals surface area contributed by atoms with E-state index in [1.165, 1.54) is 0 Å². The average Bonchev–Trinajstić information content (AvgIpc) is 2.45. The molecule has 1 aliphatic rings. The van der Waals surface area contributed by atoms with Gasteiger partial charge in [0.15, 0.2) is 0 Å². The molecule has 0 aromatic heterocycles. The van der Waals surface area contributed by atoms with E-state index in [4.69, 9.17) is 0 Å². The second-order valence-corrected chi connectivity index (χ2v) is 5.61. The minimum Gasteiger partial charge on any atom is -0.508 e. The topological polar surface area (TPSA) is 40.5 Å². The molecule has 2 nitrogen and oxygen atoms in total. The minimum atomic E-state index is -0.593. The molecule has 88 valence electrons. The summed E-state index contributed by atoms with van der Waals surface area (Å²) in [7, 11) is 0. The molecule has 1 aromatic carbocycles. The van der Waals surface area contributed by atoms with Crippen molar-refractivity contribution in [2.24, 2.45) is 5.41 Å². The first-order chi connectivity index (χ1) is 7.43. The van der Waals surface area contributed by atoms with Crippen LogP contribution in [0.15, 0.2) is 24.3 Å². The van der Waals surface area contributed by atoms with Crippen molar-refractivity contribution < 1.29 is 10.2 Å². The summed E-state index contributed by atoms with van der Waals surface area (Å²) in [6.45, 7) is 4.28. The SMILES string of the molecule is CC1(C)CCCC1(O)Cc1ccc(O)cc1. The summed E-state index contributed by atoms with van der Waals surface area (Å²) in [6.07, 6.45) is 3.74. The molecule has 16 heavy (non-hydrogen) atoms. The van der Waals surface area contributed by atoms with Crippen molar-refractivity contribution in [2.45, 2.75) is 45.1 Å². The molecule has 1 saturated carbocycles. The van der Waals surface area contributed by atoms with Crippen molar-refractivity contribution in [1.29, 1.82) is 0 Å². The zero-order valence-electron chi connectivity index (χ0n) is 10.0. The Morgan fingerprint density at radius 3 is 2.25 bits per heavy atom. The van der Waals surface area contributed by atoms with Crippen LogP contribution in [0.4, 0.5) is 0 Å². The number of aromatic hydroxyl groups is 1. The molecular formula is C14H20O2. The first-order valence-electron chi connectivity index (χ1n) is 5.93. The Labute approximate surface area is 96.9 Å². The first-order valence-corrected chi connectivity index (χ1v) is 5.93. The standard InChI is InChI=1S/C14H20O2/c1-13(2)8-3-9-14(13,16)10-11-4-6-12(15)7-5-11/h4-7,15-16H,3,8-10H2,1-2H3. The van der Waals surface area contributed by atoms with E-state index in [0.717, 1.165) is 24.8 Å². The zero-order chi connectivity index (χ0) is 11.8. The highest BCUT2D eigenvalue weighted by Crippen LogP contribution is 2.47. The third-order valence-corrected chi connectivity index (χ3v) is 4.08. The number of rotatable bonds is 2. The Morgan fingerprint density at radius 2 is 1.75 bits per heavy atom. The van der Waals surface area contributed by atoms with Crippen LogP contribution in [0.25, 0.3) is 0 Å². The maximum Gasteiger partial charge on any atom is 0.115 e. The van der Waals surface area contributed by atoms with E-state index < -0.39 is 5.60 Å². The summed E-state index contributed by atoms with van der Waals surface area (Å²) in [5.41, 5.74) is 0.491. The summed E-state index contributed by atoms with van der Waals surface area (Å²) in [4.78, 5) is 0. The Hall–Kier alpha value is -1.02. The average molecular weight is 220 g/mol. The van der Waals surface area contributed by atoms with Gasteiger partial charge in [0.05, 0.1) is 5.60 Å². The third-order valence-electron chi connectivity index (χ3n) is 4.08. The van der Waals surface area contributed by atoms with Gasteiger partial charge in [0.2, 0.25) is 0 Å². The summed E-state index contributed by atoms with van der Waals surface area (Å²) in [6, 6.07) is 7.14. The molecule has 0 heterocycles. The predicted molar refractivity (Wildman–Crippen MR) is 64.4 cm³/mol. The highest BCUT2D eigenvalue weighted by molar-refractivity contribution is 5.27. The first kappa shape index (κ1) is 11.5. The molecule has 0 aliphatic heterocycles. The van der Waals surface area contributed by atoms with Crippen LogP contribution in [-0.2, 0) is 6.42 Å². The number of phenolic OH excluding ortho intramolecular Hbond substituents is 1. The third kappa shape index (κ3) is 1.94. The van der Waals surface area contributed by atoms with Crippen LogP contribution in [0.5, 0.6) is 5.75 Å². The second-order valence-electron chi connectivity index (χ2n) is 5.61. The molecule has 0 saturated heterocycles. The van der Waals surface area contributed by atoms with Crippen LogP contribution in [0.2, 0.25) is 0 Å². The Kier molecular flexibility index (Phi) is 2.70. The lowest BCUT2D eigenvalue weighted by molar-refractivity contribution is -0.0419. The van der Waals surface area contributed by atoms with Crippen LogP contribution in [-0.4, -0.2) is 15.8 Å². The molecule has 2 N–H and O–H groups in total. The quantitative estimate of drug-likeness (QED) is 0.804. The van der Waals surface area contributed by atoms with E-state index >= 15 is 0 Å². The van der Waals surface area contributed by atoms with Gasteiger partial charge in [-0.25, -0.2) is 0 Å². The summed E-state index contributed by atoms with van der Waals surface area (Å²) in [5.74, 6) is 0.279. The van der Waals surface area contributed by atoms with Crippen LogP contribution >= 0.6 is 0 Å². The van der Waals surface area contributed by atoms with Crippen LogP contribution in [0.3, 0.4) is 0 Å². The number of hydrogen-bond acceptors (Lipinski definition) is 2. The van der Waals surface area contributed by atoms with E-state index in [1.807, 2.05) is 12.1 Å². The van der Waals surface area contributed by atoms with E-state index in [9.17, 15) is 10.2 Å². The number of aliphatic hydroxyl groups is 1. The zero-order valence-corrected chi connectivity index (χ0v) is 10.0. The highest BCUT2D eigenvalue weighted by Gasteiger charge is 2.47. The largest absolute Gasteiger partial charge is 0.508 e. The normalized spacial score (nSPS) is 28.2. The fourth-order valence-electron chi connectivity index (χ4n) is 2.67. The predicted octanol–water partition coefficient (Wildman–Crippen LogP) is 2.88. The van der Waals surface area contributed by atoms with Gasteiger partial charge in [-0.2, -0.15) is 0 Å². The van der Waals surface area contributed by atoms with Gasteiger partial charge in [0.1, 0.15) is 5.75 Å². The van der Waals surface area contributed by atoms with Gasteiger partial charge in [0, 0.05) is 6.42 Å². The molecule has 1 atom stereocenters. The molecule has 1 unspecified atom stereocenters. The van der Waals surface area contributed by atoms with Crippen molar-refractivity contribution in [2.75, 3.05) is 0 Å². The van der Waals surface area contributed by atoms with Crippen LogP contribution < -0.4 is 0 Å². The molecule has 2 rings (SSSR count). The maximum atomic E-state index is 10.7. The lowest BCUT2D eigenvalue weighted by Crippen LogP contribution is -2.41. The maximum absolute atomic E-state index is 10.7. The van der Waals surface area contributed by atoms with E-state index in [1.54, 1.807) is 12.1 Å². The van der Waals surface area contributed by atoms with Crippen molar-refractivity contribution >= 4 is 0 Å². The van der Waals surface area contributed by atoms with Gasteiger partial charge < -0.3 is 10.2 Å². The summed E-state index contributed by atoms with van der Waals surface area (Å²) in [5, 5.41) is 19.9. The van der Waals surface area contributed by atoms with Crippen LogP contribution in [0, 0.1) is 5.41 Å². The monoisotopic (exact) mass is 220 g/mol.